The van der Waals surface area contributed by atoms with Gasteiger partial charge in [-0.3, -0.25) is 0 Å². The number of halogens is 1. The summed E-state index contributed by atoms with van der Waals surface area (Å²) in [5, 5.41) is 0. The van der Waals surface area contributed by atoms with Crippen molar-refractivity contribution >= 4 is 22.8 Å². The van der Waals surface area contributed by atoms with E-state index in [-0.39, 0.29) is 0 Å². The van der Waals surface area contributed by atoms with Gasteiger partial charge in [-0.1, -0.05) is 0 Å². The predicted octanol–water partition coefficient (Wildman–Crippen LogP) is 2.13. The lowest BCUT2D eigenvalue weighted by molar-refractivity contribution is 0.385. The second-order valence-corrected chi connectivity index (χ2v) is 4.93. The molecule has 2 aromatic rings. The summed E-state index contributed by atoms with van der Waals surface area (Å²) in [5.41, 5.74) is 1.70. The Morgan fingerprint density at radius 3 is 2.74 bits per heavy atom. The first-order valence-corrected chi connectivity index (χ1v) is 6.80. The van der Waals surface area contributed by atoms with Crippen LogP contribution in [-0.2, 0) is 12.4 Å². The average molecular weight is 283 g/mol. The first-order valence-electron chi connectivity index (χ1n) is 6.26. The van der Waals surface area contributed by atoms with Gasteiger partial charge in [0.1, 0.15) is 11.3 Å². The van der Waals surface area contributed by atoms with Gasteiger partial charge in [-0.2, -0.15) is 4.98 Å². The lowest BCUT2D eigenvalue weighted by Gasteiger charge is -2.11. The Labute approximate surface area is 118 Å². The third-order valence-corrected chi connectivity index (χ3v) is 3.20. The number of pyridine rings is 1. The van der Waals surface area contributed by atoms with Gasteiger partial charge in [-0.25, -0.2) is 4.98 Å². The van der Waals surface area contributed by atoms with E-state index in [9.17, 15) is 0 Å². The van der Waals surface area contributed by atoms with E-state index in [1.54, 1.807) is 7.11 Å². The molecule has 0 radical (unpaired) electrons. The maximum absolute atomic E-state index is 5.97. The summed E-state index contributed by atoms with van der Waals surface area (Å²) in [7, 11) is 5.74. The number of rotatable bonds is 6. The van der Waals surface area contributed by atoms with Crippen molar-refractivity contribution in [1.82, 2.24) is 19.4 Å². The van der Waals surface area contributed by atoms with Gasteiger partial charge in [0.2, 0.25) is 5.88 Å². The summed E-state index contributed by atoms with van der Waals surface area (Å²) in [6.07, 6.45) is 1.03. The fourth-order valence-electron chi connectivity index (χ4n) is 2.03. The molecular weight excluding hydrogens is 264 g/mol. The van der Waals surface area contributed by atoms with Crippen LogP contribution in [0, 0.1) is 0 Å². The van der Waals surface area contributed by atoms with Crippen molar-refractivity contribution < 1.29 is 4.74 Å². The van der Waals surface area contributed by atoms with Crippen molar-refractivity contribution in [2.45, 2.75) is 18.8 Å². The van der Waals surface area contributed by atoms with Crippen LogP contribution in [0.5, 0.6) is 5.88 Å². The normalized spacial score (nSPS) is 11.4. The zero-order valence-electron chi connectivity index (χ0n) is 11.6. The Morgan fingerprint density at radius 1 is 1.32 bits per heavy atom. The van der Waals surface area contributed by atoms with Crippen molar-refractivity contribution in [3.05, 3.63) is 18.0 Å². The van der Waals surface area contributed by atoms with Gasteiger partial charge >= 0.3 is 0 Å². The molecule has 0 aliphatic heterocycles. The number of hydrogen-bond acceptors (Lipinski definition) is 4. The minimum Gasteiger partial charge on any atom is -0.481 e. The topological polar surface area (TPSA) is 43.2 Å². The Hall–Kier alpha value is -1.33. The first kappa shape index (κ1) is 14.1. The summed E-state index contributed by atoms with van der Waals surface area (Å²) in [6, 6.07) is 3.73. The Kier molecular flexibility index (Phi) is 4.61. The molecular formula is C13H19ClN4O. The van der Waals surface area contributed by atoms with Gasteiger partial charge in [0.15, 0.2) is 5.65 Å². The second-order valence-electron chi connectivity index (χ2n) is 4.67. The molecule has 0 aromatic carbocycles. The zero-order valence-corrected chi connectivity index (χ0v) is 12.3. The molecule has 104 valence electrons. The SMILES string of the molecule is COc1ccc2nc(CCl)n(CCCN(C)C)c2n1. The van der Waals surface area contributed by atoms with Gasteiger partial charge in [-0.15, -0.1) is 11.6 Å². The highest BCUT2D eigenvalue weighted by Gasteiger charge is 2.12. The summed E-state index contributed by atoms with van der Waals surface area (Å²) in [6.45, 7) is 1.88. The number of alkyl halides is 1. The van der Waals surface area contributed by atoms with Crippen LogP contribution in [0.4, 0.5) is 0 Å². The molecule has 0 saturated heterocycles. The van der Waals surface area contributed by atoms with Crippen molar-refractivity contribution in [1.29, 1.82) is 0 Å². The minimum atomic E-state index is 0.390. The largest absolute Gasteiger partial charge is 0.481 e. The van der Waals surface area contributed by atoms with Crippen LogP contribution in [0.15, 0.2) is 12.1 Å². The molecule has 0 aliphatic rings. The van der Waals surface area contributed by atoms with Gasteiger partial charge in [0.05, 0.1) is 13.0 Å². The molecule has 0 saturated carbocycles. The number of ether oxygens (including phenoxy) is 1. The maximum Gasteiger partial charge on any atom is 0.215 e. The van der Waals surface area contributed by atoms with E-state index in [1.807, 2.05) is 12.1 Å². The van der Waals surface area contributed by atoms with E-state index in [0.717, 1.165) is 36.5 Å². The summed E-state index contributed by atoms with van der Waals surface area (Å²) in [4.78, 5) is 11.1. The number of hydrogen-bond donors (Lipinski definition) is 0. The third kappa shape index (κ3) is 3.16. The molecule has 6 heteroatoms. The Bertz CT molecular complexity index is 553. The van der Waals surface area contributed by atoms with E-state index < -0.39 is 0 Å². The van der Waals surface area contributed by atoms with Crippen LogP contribution in [0.1, 0.15) is 12.2 Å². The molecule has 0 amide bonds. The molecule has 0 aliphatic carbocycles. The van der Waals surface area contributed by atoms with E-state index in [1.165, 1.54) is 0 Å². The van der Waals surface area contributed by atoms with Crippen LogP contribution in [0.25, 0.3) is 11.2 Å². The van der Waals surface area contributed by atoms with Crippen LogP contribution in [-0.4, -0.2) is 47.2 Å². The van der Waals surface area contributed by atoms with Crippen LogP contribution < -0.4 is 4.74 Å². The van der Waals surface area contributed by atoms with E-state index in [0.29, 0.717) is 11.8 Å². The van der Waals surface area contributed by atoms with Crippen LogP contribution in [0.3, 0.4) is 0 Å². The molecule has 2 rings (SSSR count). The van der Waals surface area contributed by atoms with Gasteiger partial charge in [0.25, 0.3) is 0 Å². The summed E-state index contributed by atoms with van der Waals surface area (Å²) < 4.78 is 7.25. The van der Waals surface area contributed by atoms with Crippen molar-refractivity contribution in [2.24, 2.45) is 0 Å². The van der Waals surface area contributed by atoms with Crippen LogP contribution in [0.2, 0.25) is 0 Å². The van der Waals surface area contributed by atoms with Crippen molar-refractivity contribution in [3.63, 3.8) is 0 Å². The van der Waals surface area contributed by atoms with Gasteiger partial charge in [0, 0.05) is 12.6 Å². The molecule has 0 N–H and O–H groups in total. The Morgan fingerprint density at radius 2 is 2.11 bits per heavy atom. The number of nitrogens with zero attached hydrogens (tertiary/aromatic N) is 4. The van der Waals surface area contributed by atoms with Gasteiger partial charge < -0.3 is 14.2 Å². The summed E-state index contributed by atoms with van der Waals surface area (Å²) >= 11 is 5.97. The molecule has 0 fully saturated rings. The molecule has 19 heavy (non-hydrogen) atoms. The lowest BCUT2D eigenvalue weighted by atomic mass is 10.4. The molecule has 0 spiro atoms. The highest BCUT2D eigenvalue weighted by atomic mass is 35.5. The van der Waals surface area contributed by atoms with E-state index in [4.69, 9.17) is 16.3 Å². The standard InChI is InChI=1S/C13H19ClN4O/c1-17(2)7-4-8-18-11(9-14)15-10-5-6-12(19-3)16-13(10)18/h5-6H,4,7-9H2,1-3H3. The summed E-state index contributed by atoms with van der Waals surface area (Å²) in [5.74, 6) is 1.85. The molecule has 5 nitrogen and oxygen atoms in total. The van der Waals surface area contributed by atoms with Crippen molar-refractivity contribution in [3.8, 4) is 5.88 Å². The fraction of sp³-hybridized carbons (Fsp3) is 0.538. The zero-order chi connectivity index (χ0) is 13.8. The highest BCUT2D eigenvalue weighted by Crippen LogP contribution is 2.19. The average Bonchev–Trinajstić information content (AvgIpc) is 2.75. The number of aryl methyl sites for hydroxylation is 1. The van der Waals surface area contributed by atoms with Crippen LogP contribution >= 0.6 is 11.6 Å². The van der Waals surface area contributed by atoms with E-state index >= 15 is 0 Å². The molecule has 2 heterocycles. The number of imidazole rings is 1. The quantitative estimate of drug-likeness (QED) is 0.762. The lowest BCUT2D eigenvalue weighted by Crippen LogP contribution is -2.15. The monoisotopic (exact) mass is 282 g/mol. The highest BCUT2D eigenvalue weighted by molar-refractivity contribution is 6.16. The first-order chi connectivity index (χ1) is 9.15. The number of methoxy groups -OCH3 is 1. The third-order valence-electron chi connectivity index (χ3n) is 2.96. The molecule has 0 atom stereocenters. The molecule has 0 bridgehead atoms. The number of fused-ring (bicyclic) bond motifs is 1. The second kappa shape index (κ2) is 6.21. The maximum atomic E-state index is 5.97. The number of aromatic nitrogens is 3. The van der Waals surface area contributed by atoms with Crippen molar-refractivity contribution in [2.75, 3.05) is 27.7 Å². The Balaban J connectivity index is 2.32. The van der Waals surface area contributed by atoms with Gasteiger partial charge in [-0.05, 0) is 33.1 Å². The smallest absolute Gasteiger partial charge is 0.215 e. The van der Waals surface area contributed by atoms with E-state index in [2.05, 4.69) is 33.5 Å². The molecule has 2 aromatic heterocycles. The minimum absolute atomic E-state index is 0.390. The molecule has 0 unspecified atom stereocenters. The predicted molar refractivity (Wildman–Crippen MR) is 76.8 cm³/mol. The fourth-order valence-corrected chi connectivity index (χ4v) is 2.23.